The van der Waals surface area contributed by atoms with Gasteiger partial charge in [0, 0.05) is 18.5 Å². The highest BCUT2D eigenvalue weighted by Crippen LogP contribution is 2.33. The van der Waals surface area contributed by atoms with Crippen LogP contribution in [0, 0.1) is 0 Å². The molecule has 4 nitrogen and oxygen atoms in total. The van der Waals surface area contributed by atoms with Gasteiger partial charge in [-0.25, -0.2) is 4.98 Å². The molecule has 0 saturated carbocycles. The van der Waals surface area contributed by atoms with Crippen molar-refractivity contribution in [1.29, 1.82) is 0 Å². The van der Waals surface area contributed by atoms with E-state index in [9.17, 15) is 0 Å². The second-order valence-corrected chi connectivity index (χ2v) is 4.81. The van der Waals surface area contributed by atoms with Gasteiger partial charge in [0.2, 0.25) is 0 Å². The largest absolute Gasteiger partial charge is 0.493 e. The monoisotopic (exact) mass is 269 g/mol. The molecule has 0 fully saturated rings. The number of rotatable bonds is 4. The molecule has 0 amide bonds. The summed E-state index contributed by atoms with van der Waals surface area (Å²) in [7, 11) is 0. The summed E-state index contributed by atoms with van der Waals surface area (Å²) in [4.78, 5) is 4.57. The van der Waals surface area contributed by atoms with Crippen molar-refractivity contribution in [2.75, 3.05) is 23.8 Å². The first kappa shape index (κ1) is 12.8. The van der Waals surface area contributed by atoms with Crippen molar-refractivity contribution in [2.45, 2.75) is 19.4 Å². The summed E-state index contributed by atoms with van der Waals surface area (Å²) >= 11 is 0. The van der Waals surface area contributed by atoms with Crippen LogP contribution < -0.4 is 15.4 Å². The second-order valence-electron chi connectivity index (χ2n) is 4.81. The standard InChI is InChI=1S/C16H19N3O/c1-2-17-15-8-5-9-16(19-15)18-13-10-11-20-14-7-4-3-6-12(13)14/h3-9,13H,2,10-11H2,1H3,(H2,17,18,19). The van der Waals surface area contributed by atoms with Crippen LogP contribution >= 0.6 is 0 Å². The zero-order valence-corrected chi connectivity index (χ0v) is 11.6. The maximum Gasteiger partial charge on any atom is 0.128 e. The number of benzene rings is 1. The van der Waals surface area contributed by atoms with E-state index in [1.807, 2.05) is 36.4 Å². The van der Waals surface area contributed by atoms with Crippen LogP contribution in [0.5, 0.6) is 5.75 Å². The topological polar surface area (TPSA) is 46.2 Å². The molecule has 3 rings (SSSR count). The van der Waals surface area contributed by atoms with Crippen LogP contribution in [-0.2, 0) is 0 Å². The molecule has 1 atom stereocenters. The molecule has 1 aromatic carbocycles. The molecule has 4 heteroatoms. The number of para-hydroxylation sites is 1. The molecule has 0 bridgehead atoms. The highest BCUT2D eigenvalue weighted by Gasteiger charge is 2.21. The lowest BCUT2D eigenvalue weighted by atomic mass is 10.0. The summed E-state index contributed by atoms with van der Waals surface area (Å²) in [5, 5.41) is 6.73. The SMILES string of the molecule is CCNc1cccc(NC2CCOc3ccccc32)n1. The quantitative estimate of drug-likeness (QED) is 0.892. The predicted octanol–water partition coefficient (Wildman–Crippen LogP) is 3.45. The molecule has 0 spiro atoms. The third-order valence-corrected chi connectivity index (χ3v) is 3.39. The summed E-state index contributed by atoms with van der Waals surface area (Å²) in [6.45, 7) is 3.68. The molecule has 0 aliphatic carbocycles. The van der Waals surface area contributed by atoms with Gasteiger partial charge in [-0.05, 0) is 25.1 Å². The van der Waals surface area contributed by atoms with Crippen LogP contribution in [-0.4, -0.2) is 18.1 Å². The van der Waals surface area contributed by atoms with Crippen LogP contribution in [0.2, 0.25) is 0 Å². The lowest BCUT2D eigenvalue weighted by Crippen LogP contribution is -2.20. The van der Waals surface area contributed by atoms with Gasteiger partial charge in [-0.15, -0.1) is 0 Å². The zero-order valence-electron chi connectivity index (χ0n) is 11.6. The summed E-state index contributed by atoms with van der Waals surface area (Å²) in [6.07, 6.45) is 0.949. The van der Waals surface area contributed by atoms with E-state index in [4.69, 9.17) is 4.74 Å². The average Bonchev–Trinajstić information content (AvgIpc) is 2.48. The number of nitrogens with zero attached hydrogens (tertiary/aromatic N) is 1. The van der Waals surface area contributed by atoms with Gasteiger partial charge in [0.05, 0.1) is 12.6 Å². The normalized spacial score (nSPS) is 16.9. The van der Waals surface area contributed by atoms with Crippen molar-refractivity contribution in [2.24, 2.45) is 0 Å². The van der Waals surface area contributed by atoms with E-state index < -0.39 is 0 Å². The van der Waals surface area contributed by atoms with Crippen LogP contribution in [0.4, 0.5) is 11.6 Å². The Labute approximate surface area is 119 Å². The zero-order chi connectivity index (χ0) is 13.8. The Bertz CT molecular complexity index is 585. The van der Waals surface area contributed by atoms with Gasteiger partial charge >= 0.3 is 0 Å². The van der Waals surface area contributed by atoms with E-state index >= 15 is 0 Å². The molecule has 1 unspecified atom stereocenters. The molecular weight excluding hydrogens is 250 g/mol. The molecule has 1 aromatic heterocycles. The minimum Gasteiger partial charge on any atom is -0.493 e. The third-order valence-electron chi connectivity index (χ3n) is 3.39. The molecule has 2 aromatic rings. The highest BCUT2D eigenvalue weighted by molar-refractivity contribution is 5.48. The minimum absolute atomic E-state index is 0.254. The second kappa shape index (κ2) is 5.82. The van der Waals surface area contributed by atoms with Gasteiger partial charge in [-0.1, -0.05) is 24.3 Å². The maximum absolute atomic E-state index is 5.68. The van der Waals surface area contributed by atoms with E-state index in [2.05, 4.69) is 28.6 Å². The Balaban J connectivity index is 1.80. The molecule has 2 heterocycles. The molecule has 0 saturated heterocycles. The van der Waals surface area contributed by atoms with Crippen molar-refractivity contribution in [3.63, 3.8) is 0 Å². The van der Waals surface area contributed by atoms with Gasteiger partial charge < -0.3 is 15.4 Å². The lowest BCUT2D eigenvalue weighted by Gasteiger charge is -2.27. The Morgan fingerprint density at radius 1 is 1.15 bits per heavy atom. The maximum atomic E-state index is 5.68. The number of fused-ring (bicyclic) bond motifs is 1. The van der Waals surface area contributed by atoms with Gasteiger partial charge in [0.1, 0.15) is 17.4 Å². The summed E-state index contributed by atoms with van der Waals surface area (Å²) in [6, 6.07) is 14.4. The molecule has 0 radical (unpaired) electrons. The van der Waals surface area contributed by atoms with Crippen molar-refractivity contribution in [3.8, 4) is 5.75 Å². The van der Waals surface area contributed by atoms with Crippen LogP contribution in [0.25, 0.3) is 0 Å². The summed E-state index contributed by atoms with van der Waals surface area (Å²) in [5.41, 5.74) is 1.20. The number of aromatic nitrogens is 1. The first-order valence-electron chi connectivity index (χ1n) is 7.06. The van der Waals surface area contributed by atoms with Crippen molar-refractivity contribution in [3.05, 3.63) is 48.0 Å². The van der Waals surface area contributed by atoms with Crippen molar-refractivity contribution >= 4 is 11.6 Å². The lowest BCUT2D eigenvalue weighted by molar-refractivity contribution is 0.274. The van der Waals surface area contributed by atoms with E-state index in [1.165, 1.54) is 5.56 Å². The Hall–Kier alpha value is -2.23. The number of pyridine rings is 1. The minimum atomic E-state index is 0.254. The van der Waals surface area contributed by atoms with Crippen molar-refractivity contribution < 1.29 is 4.74 Å². The van der Waals surface area contributed by atoms with E-state index in [0.717, 1.165) is 37.0 Å². The Kier molecular flexibility index (Phi) is 3.72. The Morgan fingerprint density at radius 2 is 2.00 bits per heavy atom. The Morgan fingerprint density at radius 3 is 2.90 bits per heavy atom. The smallest absolute Gasteiger partial charge is 0.128 e. The molecule has 2 N–H and O–H groups in total. The first-order valence-corrected chi connectivity index (χ1v) is 7.06. The average molecular weight is 269 g/mol. The van der Waals surface area contributed by atoms with Gasteiger partial charge in [-0.3, -0.25) is 0 Å². The van der Waals surface area contributed by atoms with E-state index in [-0.39, 0.29) is 6.04 Å². The third kappa shape index (κ3) is 2.69. The fraction of sp³-hybridized carbons (Fsp3) is 0.312. The van der Waals surface area contributed by atoms with Crippen LogP contribution in [0.3, 0.4) is 0 Å². The predicted molar refractivity (Wildman–Crippen MR) is 81.3 cm³/mol. The summed E-state index contributed by atoms with van der Waals surface area (Å²) < 4.78 is 5.68. The van der Waals surface area contributed by atoms with Gasteiger partial charge in [0.15, 0.2) is 0 Å². The molecule has 1 aliphatic rings. The van der Waals surface area contributed by atoms with Gasteiger partial charge in [-0.2, -0.15) is 0 Å². The molecule has 1 aliphatic heterocycles. The first-order chi connectivity index (χ1) is 9.86. The highest BCUT2D eigenvalue weighted by atomic mass is 16.5. The number of hydrogen-bond acceptors (Lipinski definition) is 4. The number of ether oxygens (including phenoxy) is 1. The van der Waals surface area contributed by atoms with Crippen LogP contribution in [0.1, 0.15) is 24.9 Å². The fourth-order valence-corrected chi connectivity index (χ4v) is 2.47. The number of nitrogens with one attached hydrogen (secondary N) is 2. The molecule has 104 valence electrons. The van der Waals surface area contributed by atoms with Crippen molar-refractivity contribution in [1.82, 2.24) is 4.98 Å². The fourth-order valence-electron chi connectivity index (χ4n) is 2.47. The summed E-state index contributed by atoms with van der Waals surface area (Å²) in [5.74, 6) is 2.77. The van der Waals surface area contributed by atoms with E-state index in [0.29, 0.717) is 0 Å². The van der Waals surface area contributed by atoms with Gasteiger partial charge in [0.25, 0.3) is 0 Å². The number of anilines is 2. The molecule has 20 heavy (non-hydrogen) atoms. The number of hydrogen-bond donors (Lipinski definition) is 2. The van der Waals surface area contributed by atoms with E-state index in [1.54, 1.807) is 0 Å². The van der Waals surface area contributed by atoms with Crippen LogP contribution in [0.15, 0.2) is 42.5 Å². The molecular formula is C16H19N3O.